The molecule has 2 rings (SSSR count). The zero-order valence-corrected chi connectivity index (χ0v) is 14.2. The molecule has 2 aromatic heterocycles. The molecule has 5 nitrogen and oxygen atoms in total. The van der Waals surface area contributed by atoms with E-state index in [2.05, 4.69) is 10.9 Å². The Balaban J connectivity index is 2.48. The van der Waals surface area contributed by atoms with Gasteiger partial charge >= 0.3 is 0 Å². The number of aromatic nitrogens is 2. The number of rotatable bonds is 5. The third-order valence-corrected chi connectivity index (χ3v) is 3.77. The number of aromatic hydroxyl groups is 1. The third-order valence-electron chi connectivity index (χ3n) is 3.77. The molecule has 5 heteroatoms. The molecule has 1 unspecified atom stereocenters. The Labute approximate surface area is 146 Å². The van der Waals surface area contributed by atoms with Crippen LogP contribution in [-0.2, 0) is 6.54 Å². The van der Waals surface area contributed by atoms with Gasteiger partial charge in [-0.2, -0.15) is 0 Å². The van der Waals surface area contributed by atoms with Crippen LogP contribution < -0.4 is 5.43 Å². The summed E-state index contributed by atoms with van der Waals surface area (Å²) >= 11 is 0. The molecular formula is C20H20N2O3. The van der Waals surface area contributed by atoms with Crippen LogP contribution in [-0.4, -0.2) is 19.8 Å². The van der Waals surface area contributed by atoms with Crippen LogP contribution >= 0.6 is 0 Å². The summed E-state index contributed by atoms with van der Waals surface area (Å²) in [5.41, 5.74) is 2.76. The van der Waals surface area contributed by atoms with Gasteiger partial charge in [0.1, 0.15) is 0 Å². The zero-order valence-electron chi connectivity index (χ0n) is 14.2. The Hall–Kier alpha value is -3.10. The highest BCUT2D eigenvalue weighted by Gasteiger charge is 2.10. The number of hydrogen-bond acceptors (Lipinski definition) is 4. The van der Waals surface area contributed by atoms with E-state index in [4.69, 9.17) is 6.42 Å². The van der Waals surface area contributed by atoms with Crippen molar-refractivity contribution in [1.82, 2.24) is 9.55 Å². The van der Waals surface area contributed by atoms with E-state index < -0.39 is 11.5 Å². The lowest BCUT2D eigenvalue weighted by atomic mass is 10.0. The van der Waals surface area contributed by atoms with E-state index in [-0.39, 0.29) is 5.75 Å². The second-order valence-corrected chi connectivity index (χ2v) is 5.63. The molecule has 0 aliphatic carbocycles. The minimum Gasteiger partial charge on any atom is -0.503 e. The van der Waals surface area contributed by atoms with Crippen molar-refractivity contribution in [2.24, 2.45) is 0 Å². The van der Waals surface area contributed by atoms with Gasteiger partial charge in [0.15, 0.2) is 5.75 Å². The molecule has 0 bridgehead atoms. The second kappa shape index (κ2) is 8.13. The van der Waals surface area contributed by atoms with Crippen LogP contribution in [0.3, 0.4) is 0 Å². The van der Waals surface area contributed by atoms with Gasteiger partial charge < -0.3 is 14.8 Å². The van der Waals surface area contributed by atoms with E-state index in [1.54, 1.807) is 30.0 Å². The molecule has 0 aliphatic rings. The highest BCUT2D eigenvalue weighted by molar-refractivity contribution is 5.76. The van der Waals surface area contributed by atoms with Gasteiger partial charge in [0.25, 0.3) is 0 Å². The average molecular weight is 336 g/mol. The monoisotopic (exact) mass is 336 g/mol. The molecule has 2 aromatic rings. The van der Waals surface area contributed by atoms with Gasteiger partial charge in [0.2, 0.25) is 5.43 Å². The summed E-state index contributed by atoms with van der Waals surface area (Å²) in [6.07, 6.45) is 14.6. The lowest BCUT2D eigenvalue weighted by Gasteiger charge is -2.15. The average Bonchev–Trinajstić information content (AvgIpc) is 2.58. The normalized spacial score (nSPS) is 13.0. The van der Waals surface area contributed by atoms with Crippen molar-refractivity contribution in [3.63, 3.8) is 0 Å². The van der Waals surface area contributed by atoms with Crippen molar-refractivity contribution in [3.8, 4) is 18.1 Å². The maximum absolute atomic E-state index is 11.6. The van der Waals surface area contributed by atoms with Gasteiger partial charge in [-0.1, -0.05) is 12.0 Å². The molecule has 2 N–H and O–H groups in total. The first-order valence-electron chi connectivity index (χ1n) is 7.79. The van der Waals surface area contributed by atoms with Crippen LogP contribution in [0.2, 0.25) is 0 Å². The fourth-order valence-electron chi connectivity index (χ4n) is 2.50. The molecule has 0 saturated heterocycles. The minimum atomic E-state index is -0.839. The van der Waals surface area contributed by atoms with Gasteiger partial charge in [-0.05, 0) is 48.8 Å². The molecule has 25 heavy (non-hydrogen) atoms. The number of hydrogen-bond donors (Lipinski definition) is 2. The Morgan fingerprint density at radius 3 is 2.92 bits per heavy atom. The van der Waals surface area contributed by atoms with Gasteiger partial charge in [0.05, 0.1) is 18.0 Å². The number of aliphatic hydroxyl groups excluding tert-OH is 1. The molecular weight excluding hydrogens is 316 g/mol. The predicted molar refractivity (Wildman–Crippen MR) is 97.9 cm³/mol. The maximum Gasteiger partial charge on any atom is 0.223 e. The van der Waals surface area contributed by atoms with E-state index in [0.29, 0.717) is 12.2 Å². The van der Waals surface area contributed by atoms with Gasteiger partial charge in [-0.3, -0.25) is 9.78 Å². The first-order valence-corrected chi connectivity index (χ1v) is 7.79. The molecule has 0 fully saturated rings. The third kappa shape index (κ3) is 4.46. The van der Waals surface area contributed by atoms with Crippen molar-refractivity contribution >= 4 is 5.57 Å². The Bertz CT molecular complexity index is 915. The SMILES string of the molecule is C#C/C=C\C(=C/Cn1cc(O)c(=O)cc1C(C)O)c1ccncc1C. The van der Waals surface area contributed by atoms with Crippen LogP contribution in [0.25, 0.3) is 5.57 Å². The number of allylic oxidation sites excluding steroid dienone is 4. The molecule has 0 radical (unpaired) electrons. The highest BCUT2D eigenvalue weighted by Crippen LogP contribution is 2.20. The maximum atomic E-state index is 11.6. The van der Waals surface area contributed by atoms with Crippen LogP contribution in [0.15, 0.2) is 53.7 Å². The van der Waals surface area contributed by atoms with Crippen LogP contribution in [0.1, 0.15) is 29.8 Å². The molecule has 0 amide bonds. The van der Waals surface area contributed by atoms with Crippen molar-refractivity contribution < 1.29 is 10.2 Å². The van der Waals surface area contributed by atoms with Crippen molar-refractivity contribution in [2.45, 2.75) is 26.5 Å². The summed E-state index contributed by atoms with van der Waals surface area (Å²) < 4.78 is 1.63. The van der Waals surface area contributed by atoms with Gasteiger partial charge in [-0.15, -0.1) is 6.42 Å². The Morgan fingerprint density at radius 2 is 2.28 bits per heavy atom. The Kier molecular flexibility index (Phi) is 5.93. The van der Waals surface area contributed by atoms with Crippen LogP contribution in [0.4, 0.5) is 0 Å². The number of pyridine rings is 2. The Morgan fingerprint density at radius 1 is 1.52 bits per heavy atom. The number of terminal acetylenes is 1. The molecule has 0 aliphatic heterocycles. The summed E-state index contributed by atoms with van der Waals surface area (Å²) in [4.78, 5) is 15.7. The number of nitrogens with zero attached hydrogens (tertiary/aromatic N) is 2. The molecule has 2 heterocycles. The smallest absolute Gasteiger partial charge is 0.223 e. The summed E-state index contributed by atoms with van der Waals surface area (Å²) in [6.45, 7) is 3.87. The first kappa shape index (κ1) is 18.2. The summed E-state index contributed by atoms with van der Waals surface area (Å²) in [6, 6.07) is 3.13. The zero-order chi connectivity index (χ0) is 18.4. The van der Waals surface area contributed by atoms with Crippen molar-refractivity contribution in [2.75, 3.05) is 0 Å². The summed E-state index contributed by atoms with van der Waals surface area (Å²) in [5.74, 6) is 2.10. The lowest BCUT2D eigenvalue weighted by Crippen LogP contribution is -2.14. The lowest BCUT2D eigenvalue weighted by molar-refractivity contribution is 0.188. The fourth-order valence-corrected chi connectivity index (χ4v) is 2.50. The van der Waals surface area contributed by atoms with Gasteiger partial charge in [-0.25, -0.2) is 0 Å². The molecule has 0 saturated carbocycles. The van der Waals surface area contributed by atoms with Crippen molar-refractivity contribution in [3.05, 3.63) is 76.0 Å². The highest BCUT2D eigenvalue weighted by atomic mass is 16.3. The summed E-state index contributed by atoms with van der Waals surface area (Å²) in [5, 5.41) is 19.6. The topological polar surface area (TPSA) is 75.4 Å². The number of aliphatic hydroxyl groups is 1. The van der Waals surface area contributed by atoms with Crippen LogP contribution in [0, 0.1) is 19.3 Å². The molecule has 0 spiro atoms. The standard InChI is InChI=1S/C20H20N2O3/c1-4-5-6-16(17-7-9-21-12-14(17)2)8-10-22-13-20(25)19(24)11-18(22)15(3)23/h1,5-9,11-13,15,23,25H,10H2,2-3H3/b6-5-,16-8+. The van der Waals surface area contributed by atoms with E-state index in [1.807, 2.05) is 25.1 Å². The number of aryl methyl sites for hydroxylation is 1. The fraction of sp³-hybridized carbons (Fsp3) is 0.200. The summed E-state index contributed by atoms with van der Waals surface area (Å²) in [7, 11) is 0. The van der Waals surface area contributed by atoms with Crippen LogP contribution in [0.5, 0.6) is 5.75 Å². The van der Waals surface area contributed by atoms with E-state index >= 15 is 0 Å². The van der Waals surface area contributed by atoms with Crippen molar-refractivity contribution in [1.29, 1.82) is 0 Å². The predicted octanol–water partition coefficient (Wildman–Crippen LogP) is 2.58. The largest absolute Gasteiger partial charge is 0.503 e. The van der Waals surface area contributed by atoms with E-state index in [0.717, 1.165) is 16.7 Å². The van der Waals surface area contributed by atoms with E-state index in [1.165, 1.54) is 12.3 Å². The van der Waals surface area contributed by atoms with Gasteiger partial charge in [0, 0.05) is 25.0 Å². The minimum absolute atomic E-state index is 0.347. The molecule has 128 valence electrons. The second-order valence-electron chi connectivity index (χ2n) is 5.63. The first-order chi connectivity index (χ1) is 11.9. The quantitative estimate of drug-likeness (QED) is 0.650. The molecule has 1 atom stereocenters. The molecule has 0 aromatic carbocycles. The van der Waals surface area contributed by atoms with E-state index in [9.17, 15) is 15.0 Å².